The summed E-state index contributed by atoms with van der Waals surface area (Å²) < 4.78 is 23.3. The van der Waals surface area contributed by atoms with Gasteiger partial charge >= 0.3 is 0 Å². The first-order valence-corrected chi connectivity index (χ1v) is 8.63. The van der Waals surface area contributed by atoms with Crippen molar-refractivity contribution in [2.75, 3.05) is 6.54 Å². The lowest BCUT2D eigenvalue weighted by Gasteiger charge is -2.27. The van der Waals surface area contributed by atoms with Crippen LogP contribution in [0.15, 0.2) is 17.0 Å². The van der Waals surface area contributed by atoms with Crippen molar-refractivity contribution in [3.8, 4) is 0 Å². The van der Waals surface area contributed by atoms with Crippen molar-refractivity contribution in [3.63, 3.8) is 0 Å². The highest BCUT2D eigenvalue weighted by Gasteiger charge is 2.22. The molecule has 0 spiro atoms. The highest BCUT2D eigenvalue weighted by Crippen LogP contribution is 2.22. The van der Waals surface area contributed by atoms with E-state index >= 15 is 0 Å². The summed E-state index contributed by atoms with van der Waals surface area (Å²) in [5, 5.41) is 5.24. The molecule has 1 aromatic carbocycles. The van der Waals surface area contributed by atoms with Crippen LogP contribution in [0.2, 0.25) is 0 Å². The van der Waals surface area contributed by atoms with Gasteiger partial charge in [-0.25, -0.2) is 13.6 Å². The molecule has 0 aliphatic carbocycles. The summed E-state index contributed by atoms with van der Waals surface area (Å²) in [5.74, 6) is -0.167. The van der Waals surface area contributed by atoms with E-state index in [2.05, 4.69) is 0 Å². The Labute approximate surface area is 127 Å². The molecule has 0 saturated carbocycles. The summed E-state index contributed by atoms with van der Waals surface area (Å²) in [5.41, 5.74) is 1.69. The molecule has 1 atom stereocenters. The van der Waals surface area contributed by atoms with Gasteiger partial charge in [-0.05, 0) is 57.4 Å². The summed E-state index contributed by atoms with van der Waals surface area (Å²) in [6, 6.07) is 3.20. The normalized spacial score (nSPS) is 13.0. The topological polar surface area (TPSA) is 80.5 Å². The van der Waals surface area contributed by atoms with E-state index in [-0.39, 0.29) is 16.8 Å². The zero-order valence-corrected chi connectivity index (χ0v) is 14.1. The third-order valence-electron chi connectivity index (χ3n) is 3.90. The number of primary sulfonamides is 1. The Hall–Kier alpha value is -1.40. The van der Waals surface area contributed by atoms with Crippen LogP contribution in [0.4, 0.5) is 0 Å². The van der Waals surface area contributed by atoms with Crippen molar-refractivity contribution in [3.05, 3.63) is 28.8 Å². The largest absolute Gasteiger partial charge is 0.336 e. The Morgan fingerprint density at radius 1 is 1.29 bits per heavy atom. The Bertz CT molecular complexity index is 639. The van der Waals surface area contributed by atoms with E-state index in [0.29, 0.717) is 17.7 Å². The van der Waals surface area contributed by atoms with Crippen molar-refractivity contribution >= 4 is 15.9 Å². The fourth-order valence-electron chi connectivity index (χ4n) is 2.29. The van der Waals surface area contributed by atoms with E-state index in [1.165, 1.54) is 6.07 Å². The molecule has 118 valence electrons. The first-order valence-electron chi connectivity index (χ1n) is 7.08. The number of nitrogens with two attached hydrogens (primary N) is 1. The molecule has 0 aromatic heterocycles. The lowest BCUT2D eigenvalue weighted by atomic mass is 10.0. The van der Waals surface area contributed by atoms with E-state index in [4.69, 9.17) is 5.14 Å². The van der Waals surface area contributed by atoms with Gasteiger partial charge in [0, 0.05) is 18.2 Å². The Morgan fingerprint density at radius 3 is 2.29 bits per heavy atom. The van der Waals surface area contributed by atoms with Crippen LogP contribution < -0.4 is 5.14 Å². The molecule has 0 fully saturated rings. The minimum Gasteiger partial charge on any atom is -0.336 e. The van der Waals surface area contributed by atoms with Gasteiger partial charge < -0.3 is 4.90 Å². The fourth-order valence-corrected chi connectivity index (χ4v) is 3.17. The van der Waals surface area contributed by atoms with E-state index in [1.54, 1.807) is 24.8 Å². The number of carbonyl (C=O) groups excluding carboxylic acids is 1. The number of aryl methyl sites for hydroxylation is 1. The minimum atomic E-state index is -3.84. The zero-order valence-electron chi connectivity index (χ0n) is 13.3. The number of hydrogen-bond donors (Lipinski definition) is 1. The number of rotatable bonds is 5. The quantitative estimate of drug-likeness (QED) is 0.905. The summed E-state index contributed by atoms with van der Waals surface area (Å²) in [6.45, 7) is 9.94. The third-order valence-corrected chi connectivity index (χ3v) is 4.93. The molecule has 6 heteroatoms. The van der Waals surface area contributed by atoms with Gasteiger partial charge in [-0.2, -0.15) is 0 Å². The maximum Gasteiger partial charge on any atom is 0.254 e. The van der Waals surface area contributed by atoms with E-state index < -0.39 is 10.0 Å². The molecule has 1 unspecified atom stereocenters. The molecule has 5 nitrogen and oxygen atoms in total. The second kappa shape index (κ2) is 6.58. The maximum atomic E-state index is 12.6. The van der Waals surface area contributed by atoms with Gasteiger partial charge in [0.15, 0.2) is 0 Å². The standard InChI is InChI=1S/C15H24N2O3S/c1-6-11(4)17(7-2)15(18)13-8-10(3)12(5)14(9-13)21(16,19)20/h8-9,11H,6-7H2,1-5H3,(H2,16,19,20). The first kappa shape index (κ1) is 17.7. The summed E-state index contributed by atoms with van der Waals surface area (Å²) in [6.07, 6.45) is 0.840. The highest BCUT2D eigenvalue weighted by atomic mass is 32.2. The molecule has 0 heterocycles. The lowest BCUT2D eigenvalue weighted by Crippen LogP contribution is -2.38. The van der Waals surface area contributed by atoms with Crippen LogP contribution in [0, 0.1) is 13.8 Å². The van der Waals surface area contributed by atoms with Crippen molar-refractivity contribution in [1.82, 2.24) is 4.90 Å². The van der Waals surface area contributed by atoms with Gasteiger partial charge in [-0.1, -0.05) is 6.92 Å². The van der Waals surface area contributed by atoms with Crippen LogP contribution in [0.1, 0.15) is 48.7 Å². The minimum absolute atomic E-state index is 0.0195. The van der Waals surface area contributed by atoms with Crippen LogP contribution in [0.3, 0.4) is 0 Å². The number of nitrogens with zero attached hydrogens (tertiary/aromatic N) is 1. The van der Waals surface area contributed by atoms with Crippen molar-refractivity contribution in [2.45, 2.75) is 52.0 Å². The number of carbonyl (C=O) groups is 1. The molecular weight excluding hydrogens is 288 g/mol. The number of amides is 1. The SMILES string of the molecule is CCC(C)N(CC)C(=O)c1cc(C)c(C)c(S(N)(=O)=O)c1. The molecule has 0 aliphatic heterocycles. The summed E-state index contributed by atoms with van der Waals surface area (Å²) >= 11 is 0. The molecule has 0 saturated heterocycles. The molecule has 0 radical (unpaired) electrons. The average molecular weight is 312 g/mol. The molecule has 1 aromatic rings. The molecule has 0 aliphatic rings. The summed E-state index contributed by atoms with van der Waals surface area (Å²) in [7, 11) is -3.84. The molecule has 0 bridgehead atoms. The lowest BCUT2D eigenvalue weighted by molar-refractivity contribution is 0.0699. The zero-order chi connectivity index (χ0) is 16.4. The molecular formula is C15H24N2O3S. The second-order valence-corrected chi connectivity index (χ2v) is 6.84. The van der Waals surface area contributed by atoms with E-state index in [0.717, 1.165) is 12.0 Å². The average Bonchev–Trinajstić information content (AvgIpc) is 2.40. The third kappa shape index (κ3) is 3.83. The van der Waals surface area contributed by atoms with Crippen molar-refractivity contribution in [1.29, 1.82) is 0 Å². The van der Waals surface area contributed by atoms with Gasteiger partial charge in [-0.3, -0.25) is 4.79 Å². The van der Waals surface area contributed by atoms with Crippen LogP contribution in [0.25, 0.3) is 0 Å². The predicted octanol–water partition coefficient (Wildman–Crippen LogP) is 2.21. The Balaban J connectivity index is 3.38. The van der Waals surface area contributed by atoms with Crippen LogP contribution in [-0.2, 0) is 10.0 Å². The van der Waals surface area contributed by atoms with Gasteiger partial charge in [0.1, 0.15) is 0 Å². The second-order valence-electron chi connectivity index (χ2n) is 5.31. The number of hydrogen-bond acceptors (Lipinski definition) is 3. The predicted molar refractivity (Wildman–Crippen MR) is 83.8 cm³/mol. The fraction of sp³-hybridized carbons (Fsp3) is 0.533. The van der Waals surface area contributed by atoms with E-state index in [1.807, 2.05) is 20.8 Å². The molecule has 1 amide bonds. The Morgan fingerprint density at radius 2 is 1.86 bits per heavy atom. The van der Waals surface area contributed by atoms with Gasteiger partial charge in [-0.15, -0.1) is 0 Å². The number of sulfonamides is 1. The molecule has 1 rings (SSSR count). The van der Waals surface area contributed by atoms with E-state index in [9.17, 15) is 13.2 Å². The Kier molecular flexibility index (Phi) is 5.53. The first-order chi connectivity index (χ1) is 9.63. The monoisotopic (exact) mass is 312 g/mol. The summed E-state index contributed by atoms with van der Waals surface area (Å²) in [4.78, 5) is 14.4. The maximum absolute atomic E-state index is 12.6. The molecule has 21 heavy (non-hydrogen) atoms. The number of benzene rings is 1. The van der Waals surface area contributed by atoms with Gasteiger partial charge in [0.2, 0.25) is 10.0 Å². The van der Waals surface area contributed by atoms with Gasteiger partial charge in [0.25, 0.3) is 5.91 Å². The highest BCUT2D eigenvalue weighted by molar-refractivity contribution is 7.89. The van der Waals surface area contributed by atoms with Crippen molar-refractivity contribution in [2.24, 2.45) is 5.14 Å². The van der Waals surface area contributed by atoms with Crippen molar-refractivity contribution < 1.29 is 13.2 Å². The van der Waals surface area contributed by atoms with Crippen LogP contribution in [-0.4, -0.2) is 31.8 Å². The van der Waals surface area contributed by atoms with Crippen LogP contribution >= 0.6 is 0 Å². The van der Waals surface area contributed by atoms with Gasteiger partial charge in [0.05, 0.1) is 4.90 Å². The van der Waals surface area contributed by atoms with Crippen LogP contribution in [0.5, 0.6) is 0 Å². The smallest absolute Gasteiger partial charge is 0.254 e. The molecule has 2 N–H and O–H groups in total.